The van der Waals surface area contributed by atoms with E-state index < -0.39 is 0 Å². The molecule has 4 N–H and O–H groups in total. The topological polar surface area (TPSA) is 89.3 Å². The Bertz CT molecular complexity index is 492. The van der Waals surface area contributed by atoms with Crippen LogP contribution in [-0.4, -0.2) is 29.1 Å². The molecule has 1 fully saturated rings. The maximum Gasteiger partial charge on any atom is 0.255 e. The van der Waals surface area contributed by atoms with E-state index in [1.54, 1.807) is 6.07 Å². The molecule has 19 heavy (non-hydrogen) atoms. The zero-order chi connectivity index (χ0) is 14.0. The molecule has 1 aliphatic rings. The minimum atomic E-state index is -0.353. The van der Waals surface area contributed by atoms with Gasteiger partial charge in [-0.3, -0.25) is 15.6 Å². The molecule has 0 aromatic carbocycles. The van der Waals surface area contributed by atoms with Gasteiger partial charge in [0.1, 0.15) is 0 Å². The third-order valence-electron chi connectivity index (χ3n) is 3.73. The number of carbonyl (C=O) groups is 1. The van der Waals surface area contributed by atoms with Crippen LogP contribution < -0.4 is 16.6 Å². The Morgan fingerprint density at radius 1 is 1.63 bits per heavy atom. The normalized spacial score (nSPS) is 26.2. The van der Waals surface area contributed by atoms with E-state index in [0.717, 1.165) is 12.1 Å². The summed E-state index contributed by atoms with van der Waals surface area (Å²) < 4.78 is 5.51. The summed E-state index contributed by atoms with van der Waals surface area (Å²) in [5.74, 6) is 5.25. The molecule has 0 spiro atoms. The van der Waals surface area contributed by atoms with Gasteiger partial charge < -0.3 is 15.5 Å². The van der Waals surface area contributed by atoms with Crippen LogP contribution in [0.1, 0.15) is 36.3 Å². The van der Waals surface area contributed by atoms with E-state index in [-0.39, 0.29) is 17.6 Å². The Balaban J connectivity index is 2.21. The number of anilines is 1. The van der Waals surface area contributed by atoms with Crippen LogP contribution in [0.5, 0.6) is 0 Å². The number of amides is 1. The van der Waals surface area contributed by atoms with Crippen molar-refractivity contribution in [1.29, 1.82) is 0 Å². The molecule has 1 aromatic rings. The van der Waals surface area contributed by atoms with Crippen molar-refractivity contribution in [3.05, 3.63) is 23.5 Å². The van der Waals surface area contributed by atoms with Gasteiger partial charge in [0.15, 0.2) is 0 Å². The van der Waals surface area contributed by atoms with Crippen molar-refractivity contribution in [2.45, 2.75) is 38.8 Å². The first kappa shape index (κ1) is 13.8. The summed E-state index contributed by atoms with van der Waals surface area (Å²) in [6, 6.07) is 1.74. The average molecular weight is 264 g/mol. The number of carbonyl (C=O) groups excluding carboxylic acids is 1. The molecule has 2 unspecified atom stereocenters. The van der Waals surface area contributed by atoms with Gasteiger partial charge in [0.25, 0.3) is 5.91 Å². The molecular formula is C13H20N4O2. The molecular weight excluding hydrogens is 244 g/mol. The minimum absolute atomic E-state index is 0.0101. The fraction of sp³-hybridized carbons (Fsp3) is 0.538. The number of nitrogen functional groups attached to an aromatic ring is 1. The Labute approximate surface area is 112 Å². The lowest BCUT2D eigenvalue weighted by Gasteiger charge is -2.29. The van der Waals surface area contributed by atoms with Crippen LogP contribution >= 0.6 is 0 Å². The van der Waals surface area contributed by atoms with Crippen LogP contribution in [0, 0.1) is 6.92 Å². The fourth-order valence-corrected chi connectivity index (χ4v) is 2.19. The lowest BCUT2D eigenvalue weighted by molar-refractivity contribution is 0.0727. The van der Waals surface area contributed by atoms with Crippen molar-refractivity contribution >= 4 is 11.6 Å². The zero-order valence-corrected chi connectivity index (χ0v) is 11.5. The van der Waals surface area contributed by atoms with E-state index in [1.807, 2.05) is 20.8 Å². The molecule has 0 saturated carbocycles. The molecule has 6 heteroatoms. The number of aromatic nitrogens is 1. The second-order valence-electron chi connectivity index (χ2n) is 5.15. The predicted molar refractivity (Wildman–Crippen MR) is 72.7 cm³/mol. The molecule has 104 valence electrons. The lowest BCUT2D eigenvalue weighted by Crippen LogP contribution is -2.50. The SMILES string of the molecule is Cc1cc(NN)c(C(=O)NC2(C)CCOC2C)cn1. The van der Waals surface area contributed by atoms with Gasteiger partial charge in [-0.15, -0.1) is 0 Å². The van der Waals surface area contributed by atoms with Gasteiger partial charge in [-0.05, 0) is 33.3 Å². The largest absolute Gasteiger partial charge is 0.376 e. The molecule has 2 rings (SSSR count). The summed E-state index contributed by atoms with van der Waals surface area (Å²) >= 11 is 0. The van der Waals surface area contributed by atoms with Gasteiger partial charge in [0, 0.05) is 18.5 Å². The number of hydrogen-bond donors (Lipinski definition) is 3. The summed E-state index contributed by atoms with van der Waals surface area (Å²) in [4.78, 5) is 16.5. The molecule has 1 aliphatic heterocycles. The minimum Gasteiger partial charge on any atom is -0.376 e. The van der Waals surface area contributed by atoms with Crippen LogP contribution in [0.2, 0.25) is 0 Å². The molecule has 1 aromatic heterocycles. The van der Waals surface area contributed by atoms with E-state index in [1.165, 1.54) is 6.20 Å². The number of nitrogens with two attached hydrogens (primary N) is 1. The van der Waals surface area contributed by atoms with Gasteiger partial charge in [0.05, 0.1) is 22.9 Å². The third-order valence-corrected chi connectivity index (χ3v) is 3.73. The number of aryl methyl sites for hydroxylation is 1. The Hall–Kier alpha value is -1.66. The van der Waals surface area contributed by atoms with Crippen LogP contribution in [-0.2, 0) is 4.74 Å². The third kappa shape index (κ3) is 2.69. The van der Waals surface area contributed by atoms with Crippen LogP contribution in [0.15, 0.2) is 12.3 Å². The maximum absolute atomic E-state index is 12.3. The summed E-state index contributed by atoms with van der Waals surface area (Å²) in [6.07, 6.45) is 2.32. The van der Waals surface area contributed by atoms with Crippen molar-refractivity contribution < 1.29 is 9.53 Å². The second-order valence-corrected chi connectivity index (χ2v) is 5.15. The van der Waals surface area contributed by atoms with Crippen LogP contribution in [0.3, 0.4) is 0 Å². The monoisotopic (exact) mass is 264 g/mol. The highest BCUT2D eigenvalue weighted by molar-refractivity contribution is 5.99. The zero-order valence-electron chi connectivity index (χ0n) is 11.5. The van der Waals surface area contributed by atoms with Crippen LogP contribution in [0.4, 0.5) is 5.69 Å². The number of hydrogen-bond acceptors (Lipinski definition) is 5. The van der Waals surface area contributed by atoms with Gasteiger partial charge in [-0.1, -0.05) is 0 Å². The molecule has 0 radical (unpaired) electrons. The average Bonchev–Trinajstić information content (AvgIpc) is 2.68. The first-order valence-electron chi connectivity index (χ1n) is 6.33. The number of pyridine rings is 1. The molecule has 2 heterocycles. The quantitative estimate of drug-likeness (QED) is 0.559. The Morgan fingerprint density at radius 3 is 2.95 bits per heavy atom. The Morgan fingerprint density at radius 2 is 2.37 bits per heavy atom. The smallest absolute Gasteiger partial charge is 0.255 e. The molecule has 1 amide bonds. The highest BCUT2D eigenvalue weighted by Crippen LogP contribution is 2.26. The molecule has 6 nitrogen and oxygen atoms in total. The molecule has 0 aliphatic carbocycles. The number of rotatable bonds is 3. The lowest BCUT2D eigenvalue weighted by atomic mass is 9.94. The fourth-order valence-electron chi connectivity index (χ4n) is 2.19. The van der Waals surface area contributed by atoms with Crippen molar-refractivity contribution in [1.82, 2.24) is 10.3 Å². The summed E-state index contributed by atoms with van der Waals surface area (Å²) in [6.45, 7) is 6.45. The van der Waals surface area contributed by atoms with E-state index >= 15 is 0 Å². The summed E-state index contributed by atoms with van der Waals surface area (Å²) in [5, 5.41) is 3.02. The highest BCUT2D eigenvalue weighted by Gasteiger charge is 2.38. The number of hydrazine groups is 1. The number of nitrogens with one attached hydrogen (secondary N) is 2. The van der Waals surface area contributed by atoms with E-state index in [9.17, 15) is 4.79 Å². The predicted octanol–water partition coefficient (Wildman–Crippen LogP) is 0.973. The highest BCUT2D eigenvalue weighted by atomic mass is 16.5. The van der Waals surface area contributed by atoms with Gasteiger partial charge in [-0.25, -0.2) is 0 Å². The Kier molecular flexibility index (Phi) is 3.73. The van der Waals surface area contributed by atoms with Gasteiger partial charge in [-0.2, -0.15) is 0 Å². The van der Waals surface area contributed by atoms with E-state index in [4.69, 9.17) is 10.6 Å². The van der Waals surface area contributed by atoms with Crippen molar-refractivity contribution in [3.63, 3.8) is 0 Å². The van der Waals surface area contributed by atoms with Crippen molar-refractivity contribution in [2.75, 3.05) is 12.0 Å². The molecule has 2 atom stereocenters. The van der Waals surface area contributed by atoms with E-state index in [0.29, 0.717) is 17.9 Å². The first-order valence-corrected chi connectivity index (χ1v) is 6.33. The van der Waals surface area contributed by atoms with E-state index in [2.05, 4.69) is 15.7 Å². The second kappa shape index (κ2) is 5.14. The van der Waals surface area contributed by atoms with Gasteiger partial charge in [0.2, 0.25) is 0 Å². The van der Waals surface area contributed by atoms with Crippen LogP contribution in [0.25, 0.3) is 0 Å². The molecule has 0 bridgehead atoms. The summed E-state index contributed by atoms with van der Waals surface area (Å²) in [7, 11) is 0. The standard InChI is InChI=1S/C13H20N4O2/c1-8-6-11(17-14)10(7-15-8)12(18)16-13(3)4-5-19-9(13)2/h6-7,9H,4-5,14H2,1-3H3,(H,15,17)(H,16,18). The maximum atomic E-state index is 12.3. The summed E-state index contributed by atoms with van der Waals surface area (Å²) in [5.41, 5.74) is 3.99. The van der Waals surface area contributed by atoms with Crippen molar-refractivity contribution in [3.8, 4) is 0 Å². The molecule has 1 saturated heterocycles. The number of nitrogens with zero attached hydrogens (tertiary/aromatic N) is 1. The first-order chi connectivity index (χ1) is 8.96. The van der Waals surface area contributed by atoms with Crippen molar-refractivity contribution in [2.24, 2.45) is 5.84 Å². The van der Waals surface area contributed by atoms with Gasteiger partial charge >= 0.3 is 0 Å². The number of ether oxygens (including phenoxy) is 1.